The van der Waals surface area contributed by atoms with E-state index < -0.39 is 0 Å². The topological polar surface area (TPSA) is 15.3 Å². The third-order valence-electron chi connectivity index (χ3n) is 3.58. The Balaban J connectivity index is 1.85. The van der Waals surface area contributed by atoms with E-state index in [-0.39, 0.29) is 0 Å². The van der Waals surface area contributed by atoms with E-state index in [1.165, 1.54) is 36.9 Å². The first kappa shape index (κ1) is 12.6. The molecule has 2 rings (SSSR count). The van der Waals surface area contributed by atoms with Gasteiger partial charge in [0.15, 0.2) is 0 Å². The number of rotatable bonds is 6. The third kappa shape index (κ3) is 3.83. The second-order valence-electron chi connectivity index (χ2n) is 5.43. The summed E-state index contributed by atoms with van der Waals surface area (Å²) in [6.45, 7) is 3.23. The Hall–Kier alpha value is -0.860. The fourth-order valence-electron chi connectivity index (χ4n) is 2.33. The van der Waals surface area contributed by atoms with Crippen LogP contribution >= 0.6 is 0 Å². The van der Waals surface area contributed by atoms with Gasteiger partial charge in [0.05, 0.1) is 0 Å². The highest BCUT2D eigenvalue weighted by Crippen LogP contribution is 2.25. The van der Waals surface area contributed by atoms with E-state index in [0.717, 1.165) is 19.0 Å². The Morgan fingerprint density at radius 3 is 2.47 bits per heavy atom. The van der Waals surface area contributed by atoms with Gasteiger partial charge < -0.3 is 10.2 Å². The van der Waals surface area contributed by atoms with E-state index in [1.54, 1.807) is 0 Å². The molecular weight excluding hydrogens is 208 g/mol. The molecule has 1 N–H and O–H groups in total. The standard InChI is InChI=1S/C15H24N2/c1-17(2)12-15-9-4-3-8-14(15)11-16-10-13-6-5-7-13/h3-4,8-9,13,16H,5-7,10-12H2,1-2H3. The molecule has 1 aliphatic rings. The highest BCUT2D eigenvalue weighted by molar-refractivity contribution is 5.26. The van der Waals surface area contributed by atoms with Gasteiger partial charge in [0.1, 0.15) is 0 Å². The van der Waals surface area contributed by atoms with Gasteiger partial charge in [0.25, 0.3) is 0 Å². The summed E-state index contributed by atoms with van der Waals surface area (Å²) in [6, 6.07) is 8.75. The molecule has 0 amide bonds. The Labute approximate surface area is 105 Å². The summed E-state index contributed by atoms with van der Waals surface area (Å²) in [5, 5.41) is 3.60. The molecule has 1 aliphatic carbocycles. The van der Waals surface area contributed by atoms with Crippen LogP contribution in [0.4, 0.5) is 0 Å². The molecular formula is C15H24N2. The number of nitrogens with zero attached hydrogens (tertiary/aromatic N) is 1. The van der Waals surface area contributed by atoms with Crippen LogP contribution < -0.4 is 5.32 Å². The molecule has 0 heterocycles. The Kier molecular flexibility index (Phi) is 4.57. The molecule has 0 saturated heterocycles. The summed E-state index contributed by atoms with van der Waals surface area (Å²) < 4.78 is 0. The van der Waals surface area contributed by atoms with Crippen LogP contribution in [0, 0.1) is 5.92 Å². The van der Waals surface area contributed by atoms with Gasteiger partial charge in [-0.1, -0.05) is 30.7 Å². The zero-order valence-electron chi connectivity index (χ0n) is 11.1. The van der Waals surface area contributed by atoms with Crippen LogP contribution in [0.3, 0.4) is 0 Å². The van der Waals surface area contributed by atoms with Gasteiger partial charge in [-0.15, -0.1) is 0 Å². The van der Waals surface area contributed by atoms with E-state index in [4.69, 9.17) is 0 Å². The first-order valence-electron chi connectivity index (χ1n) is 6.68. The van der Waals surface area contributed by atoms with Crippen molar-refractivity contribution >= 4 is 0 Å². The molecule has 0 atom stereocenters. The van der Waals surface area contributed by atoms with Crippen molar-refractivity contribution in [3.8, 4) is 0 Å². The second kappa shape index (κ2) is 6.18. The van der Waals surface area contributed by atoms with Crippen molar-refractivity contribution in [2.75, 3.05) is 20.6 Å². The van der Waals surface area contributed by atoms with Crippen molar-refractivity contribution < 1.29 is 0 Å². The normalized spacial score (nSPS) is 16.2. The number of hydrogen-bond acceptors (Lipinski definition) is 2. The molecule has 1 fully saturated rings. The van der Waals surface area contributed by atoms with Crippen LogP contribution in [0.15, 0.2) is 24.3 Å². The van der Waals surface area contributed by atoms with E-state index in [2.05, 4.69) is 48.6 Å². The van der Waals surface area contributed by atoms with Crippen molar-refractivity contribution in [2.45, 2.75) is 32.4 Å². The maximum absolute atomic E-state index is 3.60. The van der Waals surface area contributed by atoms with Gasteiger partial charge in [-0.25, -0.2) is 0 Å². The lowest BCUT2D eigenvalue weighted by molar-refractivity contribution is 0.301. The molecule has 1 aromatic rings. The molecule has 1 aromatic carbocycles. The molecule has 0 aromatic heterocycles. The predicted molar refractivity (Wildman–Crippen MR) is 72.9 cm³/mol. The van der Waals surface area contributed by atoms with Gasteiger partial charge >= 0.3 is 0 Å². The molecule has 0 aliphatic heterocycles. The largest absolute Gasteiger partial charge is 0.312 e. The van der Waals surface area contributed by atoms with Crippen LogP contribution in [0.2, 0.25) is 0 Å². The zero-order valence-corrected chi connectivity index (χ0v) is 11.1. The highest BCUT2D eigenvalue weighted by atomic mass is 15.0. The van der Waals surface area contributed by atoms with Crippen molar-refractivity contribution in [1.29, 1.82) is 0 Å². The first-order valence-corrected chi connectivity index (χ1v) is 6.68. The van der Waals surface area contributed by atoms with Gasteiger partial charge in [-0.05, 0) is 50.5 Å². The minimum Gasteiger partial charge on any atom is -0.312 e. The van der Waals surface area contributed by atoms with E-state index in [9.17, 15) is 0 Å². The molecule has 0 spiro atoms. The van der Waals surface area contributed by atoms with Crippen LogP contribution in [0.1, 0.15) is 30.4 Å². The van der Waals surface area contributed by atoms with Gasteiger partial charge in [-0.2, -0.15) is 0 Å². The summed E-state index contributed by atoms with van der Waals surface area (Å²) in [6.07, 6.45) is 4.28. The fraction of sp³-hybridized carbons (Fsp3) is 0.600. The van der Waals surface area contributed by atoms with E-state index in [1.807, 2.05) is 0 Å². The quantitative estimate of drug-likeness (QED) is 0.811. The molecule has 17 heavy (non-hydrogen) atoms. The molecule has 0 unspecified atom stereocenters. The monoisotopic (exact) mass is 232 g/mol. The molecule has 1 saturated carbocycles. The van der Waals surface area contributed by atoms with Crippen LogP contribution in [-0.4, -0.2) is 25.5 Å². The lowest BCUT2D eigenvalue weighted by atomic mass is 9.85. The molecule has 0 bridgehead atoms. The minimum atomic E-state index is 0.941. The number of benzene rings is 1. The molecule has 94 valence electrons. The van der Waals surface area contributed by atoms with Gasteiger partial charge in [0, 0.05) is 13.1 Å². The lowest BCUT2D eigenvalue weighted by Gasteiger charge is -2.25. The van der Waals surface area contributed by atoms with Gasteiger partial charge in [-0.3, -0.25) is 0 Å². The van der Waals surface area contributed by atoms with Crippen LogP contribution in [0.5, 0.6) is 0 Å². The molecule has 2 nitrogen and oxygen atoms in total. The minimum absolute atomic E-state index is 0.941. The second-order valence-corrected chi connectivity index (χ2v) is 5.43. The summed E-state index contributed by atoms with van der Waals surface area (Å²) in [4.78, 5) is 2.23. The van der Waals surface area contributed by atoms with Crippen molar-refractivity contribution in [3.05, 3.63) is 35.4 Å². The average molecular weight is 232 g/mol. The van der Waals surface area contributed by atoms with Crippen LogP contribution in [0.25, 0.3) is 0 Å². The summed E-state index contributed by atoms with van der Waals surface area (Å²) in [5.74, 6) is 0.941. The SMILES string of the molecule is CN(C)Cc1ccccc1CNCC1CCC1. The first-order chi connectivity index (χ1) is 8.25. The Bertz CT molecular complexity index is 343. The van der Waals surface area contributed by atoms with Crippen molar-refractivity contribution in [1.82, 2.24) is 10.2 Å². The van der Waals surface area contributed by atoms with E-state index in [0.29, 0.717) is 0 Å². The zero-order chi connectivity index (χ0) is 12.1. The maximum atomic E-state index is 3.60. The van der Waals surface area contributed by atoms with Crippen molar-refractivity contribution in [3.63, 3.8) is 0 Å². The lowest BCUT2D eigenvalue weighted by Crippen LogP contribution is -2.27. The maximum Gasteiger partial charge on any atom is 0.0230 e. The fourth-order valence-corrected chi connectivity index (χ4v) is 2.33. The highest BCUT2D eigenvalue weighted by Gasteiger charge is 2.16. The number of hydrogen-bond donors (Lipinski definition) is 1. The predicted octanol–water partition coefficient (Wildman–Crippen LogP) is 2.64. The van der Waals surface area contributed by atoms with Crippen molar-refractivity contribution in [2.24, 2.45) is 5.92 Å². The summed E-state index contributed by atoms with van der Waals surface area (Å²) in [5.41, 5.74) is 2.89. The number of nitrogens with one attached hydrogen (secondary N) is 1. The average Bonchev–Trinajstić information content (AvgIpc) is 2.23. The van der Waals surface area contributed by atoms with Gasteiger partial charge in [0.2, 0.25) is 0 Å². The summed E-state index contributed by atoms with van der Waals surface area (Å²) in [7, 11) is 4.25. The Morgan fingerprint density at radius 2 is 1.88 bits per heavy atom. The Morgan fingerprint density at radius 1 is 1.18 bits per heavy atom. The third-order valence-corrected chi connectivity index (χ3v) is 3.58. The molecule has 2 heteroatoms. The summed E-state index contributed by atoms with van der Waals surface area (Å²) >= 11 is 0. The molecule has 0 radical (unpaired) electrons. The smallest absolute Gasteiger partial charge is 0.0230 e. The van der Waals surface area contributed by atoms with E-state index >= 15 is 0 Å². The van der Waals surface area contributed by atoms with Crippen LogP contribution in [-0.2, 0) is 13.1 Å².